The molecule has 0 aromatic rings. The van der Waals surface area contributed by atoms with Crippen LogP contribution in [-0.2, 0) is 6.91 Å². The molecular formula is C6H13AsO3S2. The van der Waals surface area contributed by atoms with Gasteiger partial charge in [-0.05, 0) is 0 Å². The molecule has 0 bridgehead atoms. The van der Waals surface area contributed by atoms with Crippen molar-refractivity contribution in [2.75, 3.05) is 0 Å². The molecule has 0 heterocycles. The van der Waals surface area contributed by atoms with Crippen LogP contribution in [0.5, 0.6) is 0 Å². The summed E-state index contributed by atoms with van der Waals surface area (Å²) in [6, 6.07) is 0. The summed E-state index contributed by atoms with van der Waals surface area (Å²) >= 11 is -2.18. The van der Waals surface area contributed by atoms with Crippen LogP contribution in [0.25, 0.3) is 0 Å². The van der Waals surface area contributed by atoms with Crippen LogP contribution in [0, 0.1) is 0 Å². The minimum absolute atomic E-state index is 0.626. The van der Waals surface area contributed by atoms with E-state index in [2.05, 4.69) is 3.17 Å². The zero-order valence-corrected chi connectivity index (χ0v) is 10.4. The van der Waals surface area contributed by atoms with E-state index in [0.29, 0.717) is 5.25 Å². The summed E-state index contributed by atoms with van der Waals surface area (Å²) < 4.78 is 23.3. The van der Waals surface area contributed by atoms with Gasteiger partial charge < -0.3 is 0 Å². The van der Waals surface area contributed by atoms with Gasteiger partial charge in [-0.15, -0.1) is 0 Å². The van der Waals surface area contributed by atoms with Crippen molar-refractivity contribution in [3.8, 4) is 0 Å². The van der Waals surface area contributed by atoms with Gasteiger partial charge in [0.2, 0.25) is 0 Å². The Balaban J connectivity index is 2.01. The molecule has 1 unspecified atom stereocenters. The maximum atomic E-state index is 10.2. The fourth-order valence-electron chi connectivity index (χ4n) is 1.27. The van der Waals surface area contributed by atoms with Crippen molar-refractivity contribution < 1.29 is 11.0 Å². The van der Waals surface area contributed by atoms with E-state index in [9.17, 15) is 3.74 Å². The van der Waals surface area contributed by atoms with Crippen LogP contribution in [-0.4, -0.2) is 24.6 Å². The Bertz CT molecular complexity index is 150. The van der Waals surface area contributed by atoms with Crippen LogP contribution in [0.3, 0.4) is 0 Å². The van der Waals surface area contributed by atoms with E-state index in [1.54, 1.807) is 10.8 Å². The normalized spacial score (nSPS) is 22.4. The van der Waals surface area contributed by atoms with Crippen LogP contribution in [0.15, 0.2) is 0 Å². The van der Waals surface area contributed by atoms with Gasteiger partial charge in [0.15, 0.2) is 0 Å². The first kappa shape index (κ1) is 11.1. The van der Waals surface area contributed by atoms with Gasteiger partial charge in [-0.3, -0.25) is 0 Å². The summed E-state index contributed by atoms with van der Waals surface area (Å²) in [5.41, 5.74) is 0. The third-order valence-electron chi connectivity index (χ3n) is 1.83. The predicted molar refractivity (Wildman–Crippen MR) is 53.2 cm³/mol. The van der Waals surface area contributed by atoms with Crippen LogP contribution in [0.1, 0.15) is 32.1 Å². The molecule has 72 valence electrons. The van der Waals surface area contributed by atoms with Crippen molar-refractivity contribution in [2.45, 2.75) is 37.4 Å². The fraction of sp³-hybridized carbons (Fsp3) is 1.00. The molecule has 12 heavy (non-hydrogen) atoms. The summed E-state index contributed by atoms with van der Waals surface area (Å²) in [6.07, 6.45) is 6.36. The molecular weight excluding hydrogens is 259 g/mol. The average molecular weight is 272 g/mol. The SMILES string of the molecule is O=[AsH](O)OSSC1CCCCC1. The Labute approximate surface area is 85.4 Å². The van der Waals surface area contributed by atoms with E-state index >= 15 is 0 Å². The number of hydrogen-bond donors (Lipinski definition) is 1. The second-order valence-electron chi connectivity index (χ2n) is 2.77. The second kappa shape index (κ2) is 6.43. The van der Waals surface area contributed by atoms with Crippen LogP contribution in [0.2, 0.25) is 0 Å². The van der Waals surface area contributed by atoms with E-state index in [0.717, 1.165) is 11.1 Å². The van der Waals surface area contributed by atoms with Gasteiger partial charge in [0.1, 0.15) is 0 Å². The molecule has 1 N–H and O–H groups in total. The molecule has 1 rings (SSSR count). The molecule has 1 saturated carbocycles. The Morgan fingerprint density at radius 1 is 1.33 bits per heavy atom. The fourth-order valence-corrected chi connectivity index (χ4v) is 5.04. The quantitative estimate of drug-likeness (QED) is 0.480. The van der Waals surface area contributed by atoms with Crippen molar-refractivity contribution in [1.29, 1.82) is 0 Å². The van der Waals surface area contributed by atoms with Crippen molar-refractivity contribution in [2.24, 2.45) is 0 Å². The van der Waals surface area contributed by atoms with Gasteiger partial charge in [-0.25, -0.2) is 0 Å². The zero-order valence-electron chi connectivity index (χ0n) is 6.69. The minimum atomic E-state index is -3.28. The van der Waals surface area contributed by atoms with E-state index in [-0.39, 0.29) is 0 Å². The molecule has 0 aliphatic heterocycles. The molecule has 0 aromatic carbocycles. The average Bonchev–Trinajstić information content (AvgIpc) is 2.05. The topological polar surface area (TPSA) is 46.5 Å². The van der Waals surface area contributed by atoms with Crippen molar-refractivity contribution in [1.82, 2.24) is 0 Å². The van der Waals surface area contributed by atoms with Gasteiger partial charge in [-0.2, -0.15) is 0 Å². The Kier molecular flexibility index (Phi) is 5.93. The van der Waals surface area contributed by atoms with Crippen molar-refractivity contribution >= 4 is 37.1 Å². The molecule has 1 atom stereocenters. The van der Waals surface area contributed by atoms with Gasteiger partial charge >= 0.3 is 85.5 Å². The summed E-state index contributed by atoms with van der Waals surface area (Å²) in [5, 5.41) is 0.626. The third-order valence-corrected chi connectivity index (χ3v) is 6.30. The maximum absolute atomic E-state index is 10.2. The van der Waals surface area contributed by atoms with Gasteiger partial charge in [0, 0.05) is 0 Å². The summed E-state index contributed by atoms with van der Waals surface area (Å²) in [6.45, 7) is 0. The first-order valence-corrected chi connectivity index (χ1v) is 8.81. The molecule has 1 fully saturated rings. The molecule has 3 nitrogen and oxygen atoms in total. The zero-order chi connectivity index (χ0) is 8.81. The Morgan fingerprint density at radius 2 is 2.00 bits per heavy atom. The van der Waals surface area contributed by atoms with Gasteiger partial charge in [0.25, 0.3) is 0 Å². The molecule has 0 radical (unpaired) electrons. The van der Waals surface area contributed by atoms with Gasteiger partial charge in [0.05, 0.1) is 0 Å². The molecule has 0 amide bonds. The predicted octanol–water partition coefficient (Wildman–Crippen LogP) is 1.77. The van der Waals surface area contributed by atoms with Crippen molar-refractivity contribution in [3.63, 3.8) is 0 Å². The summed E-state index contributed by atoms with van der Waals surface area (Å²) in [7, 11) is 1.60. The van der Waals surface area contributed by atoms with E-state index in [1.165, 1.54) is 32.1 Å². The second-order valence-corrected chi connectivity index (χ2v) is 7.09. The first-order chi connectivity index (χ1) is 5.79. The molecule has 1 aliphatic carbocycles. The van der Waals surface area contributed by atoms with Crippen LogP contribution >= 0.6 is 21.9 Å². The Hall–Kier alpha value is 0.978. The van der Waals surface area contributed by atoms with Crippen LogP contribution < -0.4 is 0 Å². The van der Waals surface area contributed by atoms with E-state index in [4.69, 9.17) is 4.10 Å². The molecule has 0 aromatic heterocycles. The van der Waals surface area contributed by atoms with E-state index in [1.807, 2.05) is 0 Å². The standard InChI is InChI=1S/C6H13AsO3S2/c8-7(9)10-12-11-6-4-2-1-3-5-6/h6-7H,1-5H2,(H,8,9). The van der Waals surface area contributed by atoms with Crippen molar-refractivity contribution in [3.05, 3.63) is 0 Å². The summed E-state index contributed by atoms with van der Waals surface area (Å²) in [5.74, 6) is 0. The van der Waals surface area contributed by atoms with Gasteiger partial charge in [-0.1, -0.05) is 0 Å². The molecule has 1 aliphatic rings. The number of hydrogen-bond acceptors (Lipinski definition) is 4. The Morgan fingerprint density at radius 3 is 2.58 bits per heavy atom. The molecule has 0 spiro atoms. The summed E-state index contributed by atoms with van der Waals surface area (Å²) in [4.78, 5) is 0. The third kappa shape index (κ3) is 4.87. The first-order valence-electron chi connectivity index (χ1n) is 4.02. The number of rotatable bonds is 4. The monoisotopic (exact) mass is 272 g/mol. The molecule has 6 heteroatoms. The van der Waals surface area contributed by atoms with E-state index < -0.39 is 15.3 Å². The molecule has 0 saturated heterocycles. The van der Waals surface area contributed by atoms with Crippen LogP contribution in [0.4, 0.5) is 0 Å².